The lowest BCUT2D eigenvalue weighted by atomic mass is 9.36. The lowest BCUT2D eigenvalue weighted by Gasteiger charge is -2.66. The lowest BCUT2D eigenvalue weighted by Crippen LogP contribution is -2.60. The third kappa shape index (κ3) is 1.49. The Kier molecular flexibility index (Phi) is 2.91. The van der Waals surface area contributed by atoms with Crippen LogP contribution in [0.2, 0.25) is 0 Å². The molecule has 24 heavy (non-hydrogen) atoms. The van der Waals surface area contributed by atoms with Gasteiger partial charge in [0.25, 0.3) is 0 Å². The highest BCUT2D eigenvalue weighted by atomic mass is 16.5. The zero-order valence-electron chi connectivity index (χ0n) is 14.9. The van der Waals surface area contributed by atoms with E-state index in [-0.39, 0.29) is 16.8 Å². The van der Waals surface area contributed by atoms with Crippen molar-refractivity contribution in [1.82, 2.24) is 0 Å². The standard InChI is InChI=1S/C22H22O2/c1-13-14(2)22(5)19(15(3)21(13,22)4)20(23)24-18-12-8-10-16-9-6-7-11-17(16)18/h6-12H,1-5H3. The molecule has 0 N–H and O–H groups in total. The van der Waals surface area contributed by atoms with Crippen molar-refractivity contribution < 1.29 is 9.53 Å². The maximum atomic E-state index is 12.9. The molecule has 2 aromatic carbocycles. The average Bonchev–Trinajstić information content (AvgIpc) is 2.59. The molecule has 2 aliphatic carbocycles. The normalized spacial score (nSPS) is 28.4. The number of hydrogen-bond acceptors (Lipinski definition) is 2. The van der Waals surface area contributed by atoms with Gasteiger partial charge in [-0.05, 0) is 32.2 Å². The summed E-state index contributed by atoms with van der Waals surface area (Å²) in [6, 6.07) is 13.8. The van der Waals surface area contributed by atoms with Crippen LogP contribution < -0.4 is 4.74 Å². The Morgan fingerprint density at radius 1 is 0.833 bits per heavy atom. The summed E-state index contributed by atoms with van der Waals surface area (Å²) < 4.78 is 5.83. The molecule has 2 atom stereocenters. The first-order valence-corrected chi connectivity index (χ1v) is 8.43. The molecule has 2 aliphatic rings. The van der Waals surface area contributed by atoms with E-state index in [4.69, 9.17) is 4.74 Å². The van der Waals surface area contributed by atoms with Crippen molar-refractivity contribution in [2.75, 3.05) is 0 Å². The predicted molar refractivity (Wildman–Crippen MR) is 96.9 cm³/mol. The molecule has 0 saturated carbocycles. The van der Waals surface area contributed by atoms with E-state index >= 15 is 0 Å². The molecular weight excluding hydrogens is 296 g/mol. The molecular formula is C22H22O2. The molecule has 2 aromatic rings. The Labute approximate surface area is 142 Å². The Balaban J connectivity index is 1.72. The van der Waals surface area contributed by atoms with E-state index in [1.807, 2.05) is 42.5 Å². The zero-order chi connectivity index (χ0) is 17.3. The molecule has 122 valence electrons. The summed E-state index contributed by atoms with van der Waals surface area (Å²) in [7, 11) is 0. The van der Waals surface area contributed by atoms with Crippen LogP contribution in [0.5, 0.6) is 5.75 Å². The summed E-state index contributed by atoms with van der Waals surface area (Å²) in [4.78, 5) is 12.9. The Morgan fingerprint density at radius 3 is 2.21 bits per heavy atom. The molecule has 0 aromatic heterocycles. The first-order valence-electron chi connectivity index (χ1n) is 8.43. The van der Waals surface area contributed by atoms with Gasteiger partial charge in [0.05, 0.1) is 0 Å². The number of carbonyl (C=O) groups is 1. The van der Waals surface area contributed by atoms with E-state index < -0.39 is 0 Å². The smallest absolute Gasteiger partial charge is 0.340 e. The van der Waals surface area contributed by atoms with Gasteiger partial charge in [-0.3, -0.25) is 0 Å². The second kappa shape index (κ2) is 4.60. The topological polar surface area (TPSA) is 26.3 Å². The van der Waals surface area contributed by atoms with Gasteiger partial charge < -0.3 is 4.74 Å². The van der Waals surface area contributed by atoms with Crippen molar-refractivity contribution in [1.29, 1.82) is 0 Å². The zero-order valence-corrected chi connectivity index (χ0v) is 14.9. The fraction of sp³-hybridized carbons (Fsp3) is 0.318. The molecule has 0 aliphatic heterocycles. The number of ether oxygens (including phenoxy) is 1. The molecule has 0 amide bonds. The molecule has 4 rings (SSSR count). The van der Waals surface area contributed by atoms with Crippen molar-refractivity contribution in [2.24, 2.45) is 10.8 Å². The predicted octanol–water partition coefficient (Wildman–Crippen LogP) is 5.44. The van der Waals surface area contributed by atoms with Crippen molar-refractivity contribution in [3.63, 3.8) is 0 Å². The molecule has 0 spiro atoms. The number of benzene rings is 2. The number of allylic oxidation sites excluding steroid dienone is 3. The van der Waals surface area contributed by atoms with Crippen LogP contribution in [0.25, 0.3) is 10.8 Å². The largest absolute Gasteiger partial charge is 0.422 e. The summed E-state index contributed by atoms with van der Waals surface area (Å²) in [6.07, 6.45) is 0. The van der Waals surface area contributed by atoms with Crippen molar-refractivity contribution in [3.05, 3.63) is 64.8 Å². The van der Waals surface area contributed by atoms with Crippen molar-refractivity contribution in [2.45, 2.75) is 34.6 Å². The second-order valence-electron chi connectivity index (χ2n) is 7.37. The molecule has 2 heteroatoms. The Morgan fingerprint density at radius 2 is 1.46 bits per heavy atom. The van der Waals surface area contributed by atoms with Crippen molar-refractivity contribution in [3.8, 4) is 5.75 Å². The van der Waals surface area contributed by atoms with Gasteiger partial charge in [-0.1, -0.05) is 67.0 Å². The van der Waals surface area contributed by atoms with Gasteiger partial charge >= 0.3 is 5.97 Å². The monoisotopic (exact) mass is 318 g/mol. The van der Waals surface area contributed by atoms with Crippen LogP contribution in [0.15, 0.2) is 64.8 Å². The number of rotatable bonds is 2. The van der Waals surface area contributed by atoms with E-state index in [1.54, 1.807) is 0 Å². The van der Waals surface area contributed by atoms with Gasteiger partial charge in [0.15, 0.2) is 0 Å². The van der Waals surface area contributed by atoms with E-state index in [2.05, 4.69) is 34.6 Å². The molecule has 0 bridgehead atoms. The minimum absolute atomic E-state index is 0.0180. The van der Waals surface area contributed by atoms with Crippen LogP contribution in [0.4, 0.5) is 0 Å². The third-order valence-corrected chi connectivity index (χ3v) is 6.84. The summed E-state index contributed by atoms with van der Waals surface area (Å²) in [5, 5.41) is 2.05. The average molecular weight is 318 g/mol. The van der Waals surface area contributed by atoms with Crippen LogP contribution >= 0.6 is 0 Å². The number of carbonyl (C=O) groups excluding carboxylic acids is 1. The highest BCUT2D eigenvalue weighted by Crippen LogP contribution is 2.74. The van der Waals surface area contributed by atoms with Gasteiger partial charge in [0.1, 0.15) is 5.75 Å². The molecule has 0 fully saturated rings. The van der Waals surface area contributed by atoms with Crippen LogP contribution in [-0.4, -0.2) is 5.97 Å². The van der Waals surface area contributed by atoms with E-state index in [1.165, 1.54) is 11.1 Å². The number of esters is 1. The Hall–Kier alpha value is -2.35. The molecule has 2 nitrogen and oxygen atoms in total. The van der Waals surface area contributed by atoms with Gasteiger partial charge in [-0.2, -0.15) is 0 Å². The Bertz CT molecular complexity index is 958. The fourth-order valence-corrected chi connectivity index (χ4v) is 4.89. The quantitative estimate of drug-likeness (QED) is 0.419. The van der Waals surface area contributed by atoms with E-state index in [0.29, 0.717) is 5.75 Å². The molecule has 0 saturated heterocycles. The van der Waals surface area contributed by atoms with Gasteiger partial charge in [0.2, 0.25) is 0 Å². The van der Waals surface area contributed by atoms with Crippen LogP contribution in [0.1, 0.15) is 34.6 Å². The van der Waals surface area contributed by atoms with Gasteiger partial charge in [0, 0.05) is 21.8 Å². The lowest BCUT2D eigenvalue weighted by molar-refractivity contribution is -0.133. The van der Waals surface area contributed by atoms with Crippen LogP contribution in [0, 0.1) is 10.8 Å². The highest BCUT2D eigenvalue weighted by Gasteiger charge is 2.68. The summed E-state index contributed by atoms with van der Waals surface area (Å²) in [5.41, 5.74) is 4.52. The number of fused-ring (bicyclic) bond motifs is 2. The van der Waals surface area contributed by atoms with Crippen molar-refractivity contribution >= 4 is 16.7 Å². The first-order chi connectivity index (χ1) is 11.3. The third-order valence-electron chi connectivity index (χ3n) is 6.84. The second-order valence-corrected chi connectivity index (χ2v) is 7.37. The minimum Gasteiger partial charge on any atom is -0.422 e. The van der Waals surface area contributed by atoms with Crippen LogP contribution in [0.3, 0.4) is 0 Å². The minimum atomic E-state index is -0.212. The van der Waals surface area contributed by atoms with Gasteiger partial charge in [-0.25, -0.2) is 4.79 Å². The summed E-state index contributed by atoms with van der Waals surface area (Å²) in [6.45, 7) is 10.8. The summed E-state index contributed by atoms with van der Waals surface area (Å²) >= 11 is 0. The van der Waals surface area contributed by atoms with E-state index in [0.717, 1.165) is 21.9 Å². The SMILES string of the molecule is CC1=C(C)C2(C)C(C(=O)Oc3cccc4ccccc34)=C(C)C12C. The summed E-state index contributed by atoms with van der Waals surface area (Å²) in [5.74, 6) is 0.420. The van der Waals surface area contributed by atoms with Gasteiger partial charge in [-0.15, -0.1) is 0 Å². The number of hydrogen-bond donors (Lipinski definition) is 0. The molecule has 2 unspecified atom stereocenters. The maximum Gasteiger partial charge on any atom is 0.340 e. The van der Waals surface area contributed by atoms with E-state index in [9.17, 15) is 4.79 Å². The molecule has 0 radical (unpaired) electrons. The molecule has 0 heterocycles. The highest BCUT2D eigenvalue weighted by molar-refractivity contribution is 6.00. The fourth-order valence-electron chi connectivity index (χ4n) is 4.89. The first kappa shape index (κ1) is 15.2. The van der Waals surface area contributed by atoms with Crippen LogP contribution in [-0.2, 0) is 4.79 Å². The maximum absolute atomic E-state index is 12.9.